The summed E-state index contributed by atoms with van der Waals surface area (Å²) in [5.41, 5.74) is 14.1. The van der Waals surface area contributed by atoms with Crippen LogP contribution in [-0.4, -0.2) is 0 Å². The molecule has 0 spiro atoms. The molecule has 0 radical (unpaired) electrons. The second-order valence-electron chi connectivity index (χ2n) is 13.3. The smallest absolute Gasteiger partial charge is 0.0707 e. The van der Waals surface area contributed by atoms with Gasteiger partial charge in [-0.3, -0.25) is 0 Å². The Balaban J connectivity index is 1.23. The third-order valence-corrected chi connectivity index (χ3v) is 10.4. The minimum atomic E-state index is -0.517. The minimum absolute atomic E-state index is 0.517. The predicted molar refractivity (Wildman–Crippen MR) is 217 cm³/mol. The zero-order chi connectivity index (χ0) is 34.7. The van der Waals surface area contributed by atoms with Crippen molar-refractivity contribution in [2.24, 2.45) is 0 Å². The third-order valence-electron chi connectivity index (χ3n) is 10.4. The lowest BCUT2D eigenvalue weighted by atomic mass is 9.59. The van der Waals surface area contributed by atoms with Crippen LogP contribution in [0.5, 0.6) is 0 Å². The molecule has 0 saturated carbocycles. The number of hydrogen-bond donors (Lipinski definition) is 0. The molecule has 2 nitrogen and oxygen atoms in total. The summed E-state index contributed by atoms with van der Waals surface area (Å²) in [5.74, 6) is 0. The van der Waals surface area contributed by atoms with Crippen molar-refractivity contribution in [3.63, 3.8) is 0 Å². The van der Waals surface area contributed by atoms with Crippen molar-refractivity contribution in [1.29, 1.82) is 0 Å². The minimum Gasteiger partial charge on any atom is -0.311 e. The van der Waals surface area contributed by atoms with Crippen LogP contribution in [0, 0.1) is 0 Å². The maximum Gasteiger partial charge on any atom is 0.0707 e. The zero-order valence-corrected chi connectivity index (χ0v) is 28.9. The lowest BCUT2D eigenvalue weighted by Crippen LogP contribution is -2.36. The van der Waals surface area contributed by atoms with E-state index in [1.807, 2.05) is 0 Å². The van der Waals surface area contributed by atoms with Crippen LogP contribution in [0.1, 0.15) is 33.4 Å². The summed E-state index contributed by atoms with van der Waals surface area (Å²) in [6, 6.07) is 79.1. The van der Waals surface area contributed by atoms with Crippen LogP contribution in [0.4, 0.5) is 34.1 Å². The molecule has 9 rings (SSSR count). The van der Waals surface area contributed by atoms with Gasteiger partial charge in [0.1, 0.15) is 0 Å². The van der Waals surface area contributed by atoms with E-state index in [9.17, 15) is 0 Å². The van der Waals surface area contributed by atoms with Gasteiger partial charge in [-0.1, -0.05) is 146 Å². The molecule has 0 atom stereocenters. The van der Waals surface area contributed by atoms with Crippen LogP contribution in [0.2, 0.25) is 0 Å². The van der Waals surface area contributed by atoms with Gasteiger partial charge in [-0.15, -0.1) is 0 Å². The highest BCUT2D eigenvalue weighted by Crippen LogP contribution is 2.52. The molecule has 0 saturated heterocycles. The van der Waals surface area contributed by atoms with Crippen LogP contribution < -0.4 is 9.80 Å². The molecule has 0 N–H and O–H groups in total. The summed E-state index contributed by atoms with van der Waals surface area (Å²) in [5, 5.41) is 0. The molecule has 0 amide bonds. The topological polar surface area (TPSA) is 6.48 Å². The van der Waals surface area contributed by atoms with Crippen molar-refractivity contribution < 1.29 is 0 Å². The molecule has 2 heteroatoms. The largest absolute Gasteiger partial charge is 0.311 e. The Morgan fingerprint density at radius 1 is 0.269 bits per heavy atom. The van der Waals surface area contributed by atoms with E-state index >= 15 is 0 Å². The predicted octanol–water partition coefficient (Wildman–Crippen LogP) is 12.9. The molecule has 8 aromatic carbocycles. The van der Waals surface area contributed by atoms with E-state index in [1.165, 1.54) is 33.4 Å². The van der Waals surface area contributed by atoms with Gasteiger partial charge in [0.05, 0.1) is 5.41 Å². The van der Waals surface area contributed by atoms with E-state index in [0.717, 1.165) is 40.5 Å². The van der Waals surface area contributed by atoms with E-state index in [-0.39, 0.29) is 0 Å². The molecule has 8 aromatic rings. The van der Waals surface area contributed by atoms with E-state index in [2.05, 4.69) is 228 Å². The lowest BCUT2D eigenvalue weighted by Gasteiger charge is -2.42. The molecule has 52 heavy (non-hydrogen) atoms. The fourth-order valence-corrected chi connectivity index (χ4v) is 8.14. The molecular formula is C50H38N2. The Bertz CT molecular complexity index is 2150. The summed E-state index contributed by atoms with van der Waals surface area (Å²) in [7, 11) is 0. The van der Waals surface area contributed by atoms with E-state index in [0.29, 0.717) is 0 Å². The average Bonchev–Trinajstić information content (AvgIpc) is 3.22. The van der Waals surface area contributed by atoms with Crippen LogP contribution in [0.15, 0.2) is 218 Å². The Kier molecular flexibility index (Phi) is 8.19. The SMILES string of the molecule is c1ccc(N(c2ccccc2)c2ccc(C3(c4ccc(N(c5ccccc5)c5ccccc5)cc4)c4ccccc4Cc4ccccc43)cc2)cc1. The first kappa shape index (κ1) is 31.3. The van der Waals surface area contributed by atoms with Gasteiger partial charge in [0, 0.05) is 34.1 Å². The maximum atomic E-state index is 2.35. The summed E-state index contributed by atoms with van der Waals surface area (Å²) in [4.78, 5) is 4.66. The van der Waals surface area contributed by atoms with Crippen molar-refractivity contribution in [2.45, 2.75) is 11.8 Å². The monoisotopic (exact) mass is 666 g/mol. The Hall–Kier alpha value is -6.64. The maximum absolute atomic E-state index is 2.35. The standard InChI is InChI=1S/C50H38N2/c1-5-19-42(20-6-1)51(43-21-7-2-8-22-43)46-33-29-40(30-34-46)50(48-27-15-13-17-38(48)37-39-18-14-16-28-49(39)50)41-31-35-47(36-32-41)52(44-23-9-3-10-24-44)45-25-11-4-12-26-45/h1-36H,37H2. The Morgan fingerprint density at radius 3 is 0.865 bits per heavy atom. The van der Waals surface area contributed by atoms with Gasteiger partial charge in [-0.25, -0.2) is 0 Å². The fraction of sp³-hybridized carbons (Fsp3) is 0.0400. The van der Waals surface area contributed by atoms with E-state index in [4.69, 9.17) is 0 Å². The number of hydrogen-bond acceptors (Lipinski definition) is 2. The van der Waals surface area contributed by atoms with E-state index in [1.54, 1.807) is 0 Å². The van der Waals surface area contributed by atoms with Crippen LogP contribution in [-0.2, 0) is 11.8 Å². The highest BCUT2D eigenvalue weighted by molar-refractivity contribution is 5.79. The second kappa shape index (κ2) is 13.6. The van der Waals surface area contributed by atoms with Gasteiger partial charge in [0.2, 0.25) is 0 Å². The number of para-hydroxylation sites is 4. The highest BCUT2D eigenvalue weighted by Gasteiger charge is 2.43. The van der Waals surface area contributed by atoms with Gasteiger partial charge < -0.3 is 9.80 Å². The highest BCUT2D eigenvalue weighted by atomic mass is 15.1. The number of fused-ring (bicyclic) bond motifs is 2. The first-order chi connectivity index (χ1) is 25.8. The van der Waals surface area contributed by atoms with Gasteiger partial charge in [-0.05, 0) is 113 Å². The lowest BCUT2D eigenvalue weighted by molar-refractivity contribution is 0.703. The van der Waals surface area contributed by atoms with Crippen molar-refractivity contribution in [1.82, 2.24) is 0 Å². The number of rotatable bonds is 8. The molecule has 0 aliphatic heterocycles. The Morgan fingerprint density at radius 2 is 0.538 bits per heavy atom. The number of nitrogens with zero attached hydrogens (tertiary/aromatic N) is 2. The molecule has 0 heterocycles. The van der Waals surface area contributed by atoms with Crippen molar-refractivity contribution in [3.05, 3.63) is 252 Å². The van der Waals surface area contributed by atoms with Gasteiger partial charge in [0.25, 0.3) is 0 Å². The normalized spacial score (nSPS) is 12.7. The molecule has 0 unspecified atom stereocenters. The molecule has 0 fully saturated rings. The number of benzene rings is 8. The first-order valence-corrected chi connectivity index (χ1v) is 18.0. The fourth-order valence-electron chi connectivity index (χ4n) is 8.14. The summed E-state index contributed by atoms with van der Waals surface area (Å²) >= 11 is 0. The van der Waals surface area contributed by atoms with Gasteiger partial charge >= 0.3 is 0 Å². The van der Waals surface area contributed by atoms with Gasteiger partial charge in [-0.2, -0.15) is 0 Å². The number of anilines is 6. The van der Waals surface area contributed by atoms with E-state index < -0.39 is 5.41 Å². The Labute approximate surface area is 306 Å². The molecule has 1 aliphatic rings. The summed E-state index contributed by atoms with van der Waals surface area (Å²) in [6.07, 6.45) is 0.913. The summed E-state index contributed by atoms with van der Waals surface area (Å²) in [6.45, 7) is 0. The molecule has 1 aliphatic carbocycles. The van der Waals surface area contributed by atoms with Crippen molar-refractivity contribution >= 4 is 34.1 Å². The zero-order valence-electron chi connectivity index (χ0n) is 28.9. The molecular weight excluding hydrogens is 629 g/mol. The molecule has 248 valence electrons. The van der Waals surface area contributed by atoms with Crippen LogP contribution in [0.25, 0.3) is 0 Å². The summed E-state index contributed by atoms with van der Waals surface area (Å²) < 4.78 is 0. The van der Waals surface area contributed by atoms with Crippen LogP contribution in [0.3, 0.4) is 0 Å². The second-order valence-corrected chi connectivity index (χ2v) is 13.3. The quantitative estimate of drug-likeness (QED) is 0.159. The van der Waals surface area contributed by atoms with Crippen LogP contribution >= 0.6 is 0 Å². The first-order valence-electron chi connectivity index (χ1n) is 18.0. The molecule has 0 bridgehead atoms. The van der Waals surface area contributed by atoms with Gasteiger partial charge in [0.15, 0.2) is 0 Å². The van der Waals surface area contributed by atoms with Crippen molar-refractivity contribution in [3.8, 4) is 0 Å². The molecule has 0 aromatic heterocycles. The third kappa shape index (κ3) is 5.46. The average molecular weight is 667 g/mol. The van der Waals surface area contributed by atoms with Crippen molar-refractivity contribution in [2.75, 3.05) is 9.80 Å².